The van der Waals surface area contributed by atoms with E-state index in [4.69, 9.17) is 0 Å². The van der Waals surface area contributed by atoms with Crippen molar-refractivity contribution in [3.63, 3.8) is 0 Å². The van der Waals surface area contributed by atoms with Crippen LogP contribution in [-0.4, -0.2) is 10.1 Å². The van der Waals surface area contributed by atoms with Gasteiger partial charge in [0.1, 0.15) is 0 Å². The second kappa shape index (κ2) is 5.06. The van der Waals surface area contributed by atoms with Gasteiger partial charge < -0.3 is 5.11 Å². The Morgan fingerprint density at radius 3 is 2.55 bits per heavy atom. The van der Waals surface area contributed by atoms with Crippen molar-refractivity contribution >= 4 is 10.8 Å². The van der Waals surface area contributed by atoms with E-state index >= 15 is 0 Å². The minimum absolute atomic E-state index is 0.518. The maximum absolute atomic E-state index is 10.1. The van der Waals surface area contributed by atoms with Gasteiger partial charge in [0.15, 0.2) is 0 Å². The number of hydrogen-bond acceptors (Lipinski definition) is 2. The zero-order chi connectivity index (χ0) is 14.1. The summed E-state index contributed by atoms with van der Waals surface area (Å²) in [6.07, 6.45) is 1.28. The highest BCUT2D eigenvalue weighted by molar-refractivity contribution is 5.98. The zero-order valence-corrected chi connectivity index (χ0v) is 11.7. The summed E-state index contributed by atoms with van der Waals surface area (Å²) in [5.41, 5.74) is 4.02. The van der Waals surface area contributed by atoms with Gasteiger partial charge in [0.2, 0.25) is 0 Å². The monoisotopic (exact) mass is 263 g/mol. The molecule has 1 aromatic heterocycles. The van der Waals surface area contributed by atoms with E-state index < -0.39 is 6.10 Å². The maximum atomic E-state index is 10.1. The summed E-state index contributed by atoms with van der Waals surface area (Å²) < 4.78 is 0. The maximum Gasteiger partial charge on any atom is 0.0768 e. The van der Waals surface area contributed by atoms with Crippen molar-refractivity contribution in [3.05, 3.63) is 65.9 Å². The highest BCUT2D eigenvalue weighted by Crippen LogP contribution is 2.35. The van der Waals surface area contributed by atoms with E-state index in [1.54, 1.807) is 13.1 Å². The Morgan fingerprint density at radius 2 is 1.80 bits per heavy atom. The number of aliphatic hydroxyl groups excluding tert-OH is 1. The smallest absolute Gasteiger partial charge is 0.0768 e. The minimum atomic E-state index is -0.518. The van der Waals surface area contributed by atoms with E-state index in [0.717, 1.165) is 33.2 Å². The third kappa shape index (κ3) is 2.08. The van der Waals surface area contributed by atoms with E-state index in [-0.39, 0.29) is 0 Å². The Kier molecular flexibility index (Phi) is 3.25. The van der Waals surface area contributed by atoms with Gasteiger partial charge in [0.25, 0.3) is 0 Å². The number of aliphatic hydroxyl groups is 1. The molecule has 0 spiro atoms. The topological polar surface area (TPSA) is 33.1 Å². The van der Waals surface area contributed by atoms with Gasteiger partial charge in [-0.3, -0.25) is 4.98 Å². The number of aryl methyl sites for hydroxylation is 1. The lowest BCUT2D eigenvalue weighted by molar-refractivity contribution is 0.200. The molecule has 1 atom stereocenters. The van der Waals surface area contributed by atoms with Gasteiger partial charge in [-0.15, -0.1) is 0 Å². The van der Waals surface area contributed by atoms with Crippen LogP contribution in [0.25, 0.3) is 22.0 Å². The van der Waals surface area contributed by atoms with E-state index in [0.29, 0.717) is 0 Å². The van der Waals surface area contributed by atoms with Crippen molar-refractivity contribution < 1.29 is 5.11 Å². The van der Waals surface area contributed by atoms with Gasteiger partial charge in [-0.25, -0.2) is 0 Å². The Morgan fingerprint density at radius 1 is 1.00 bits per heavy atom. The lowest BCUT2D eigenvalue weighted by Gasteiger charge is -2.16. The van der Waals surface area contributed by atoms with E-state index in [1.165, 1.54) is 0 Å². The van der Waals surface area contributed by atoms with Crippen LogP contribution in [0.1, 0.15) is 24.2 Å². The van der Waals surface area contributed by atoms with E-state index in [2.05, 4.69) is 36.2 Å². The van der Waals surface area contributed by atoms with Crippen molar-refractivity contribution in [1.29, 1.82) is 0 Å². The molecule has 3 rings (SSSR count). The summed E-state index contributed by atoms with van der Waals surface area (Å²) in [5.74, 6) is 0. The second-order valence-electron chi connectivity index (χ2n) is 5.10. The van der Waals surface area contributed by atoms with Gasteiger partial charge in [-0.05, 0) is 41.8 Å². The molecule has 0 aliphatic rings. The van der Waals surface area contributed by atoms with Crippen LogP contribution in [0.2, 0.25) is 0 Å². The number of fused-ring (bicyclic) bond motifs is 1. The molecule has 0 aliphatic heterocycles. The molecule has 2 heteroatoms. The van der Waals surface area contributed by atoms with Crippen molar-refractivity contribution in [2.75, 3.05) is 0 Å². The van der Waals surface area contributed by atoms with Crippen molar-refractivity contribution in [2.24, 2.45) is 0 Å². The third-order valence-corrected chi connectivity index (χ3v) is 3.66. The predicted octanol–water partition coefficient (Wildman–Crippen LogP) is 4.26. The Balaban J connectivity index is 2.42. The van der Waals surface area contributed by atoms with E-state index in [9.17, 15) is 5.11 Å². The molecule has 2 nitrogen and oxygen atoms in total. The molecule has 0 unspecified atom stereocenters. The van der Waals surface area contributed by atoms with Crippen LogP contribution in [0.15, 0.2) is 54.7 Å². The summed E-state index contributed by atoms with van der Waals surface area (Å²) in [6, 6.07) is 16.3. The lowest BCUT2D eigenvalue weighted by Crippen LogP contribution is -1.99. The SMILES string of the molecule is Cc1cccnc1-c1c([C@@H](C)O)ccc2ccccc12. The van der Waals surface area contributed by atoms with Crippen LogP contribution < -0.4 is 0 Å². The van der Waals surface area contributed by atoms with Gasteiger partial charge in [-0.1, -0.05) is 42.5 Å². The Hall–Kier alpha value is -2.19. The molecule has 0 bridgehead atoms. The minimum Gasteiger partial charge on any atom is -0.389 e. The molecule has 1 heterocycles. The fourth-order valence-electron chi connectivity index (χ4n) is 2.65. The fraction of sp³-hybridized carbons (Fsp3) is 0.167. The number of rotatable bonds is 2. The first-order chi connectivity index (χ1) is 9.68. The number of benzene rings is 2. The molecule has 100 valence electrons. The molecule has 3 aromatic rings. The molecule has 0 amide bonds. The van der Waals surface area contributed by atoms with Gasteiger partial charge in [-0.2, -0.15) is 0 Å². The van der Waals surface area contributed by atoms with E-state index in [1.807, 2.05) is 24.3 Å². The first-order valence-electron chi connectivity index (χ1n) is 6.80. The predicted molar refractivity (Wildman–Crippen MR) is 82.5 cm³/mol. The molecule has 0 aliphatic carbocycles. The summed E-state index contributed by atoms with van der Waals surface area (Å²) in [4.78, 5) is 4.53. The summed E-state index contributed by atoms with van der Waals surface area (Å²) >= 11 is 0. The van der Waals surface area contributed by atoms with Crippen molar-refractivity contribution in [3.8, 4) is 11.3 Å². The number of nitrogens with zero attached hydrogens (tertiary/aromatic N) is 1. The Bertz CT molecular complexity index is 762. The average Bonchev–Trinajstić information content (AvgIpc) is 2.46. The van der Waals surface area contributed by atoms with Crippen LogP contribution in [0, 0.1) is 6.92 Å². The number of hydrogen-bond donors (Lipinski definition) is 1. The number of aromatic nitrogens is 1. The van der Waals surface area contributed by atoms with Gasteiger partial charge in [0.05, 0.1) is 11.8 Å². The van der Waals surface area contributed by atoms with Crippen LogP contribution in [0.3, 0.4) is 0 Å². The highest BCUT2D eigenvalue weighted by Gasteiger charge is 2.15. The normalized spacial score (nSPS) is 12.6. The van der Waals surface area contributed by atoms with Gasteiger partial charge >= 0.3 is 0 Å². The van der Waals surface area contributed by atoms with Crippen molar-refractivity contribution in [2.45, 2.75) is 20.0 Å². The van der Waals surface area contributed by atoms with Crippen LogP contribution in [0.5, 0.6) is 0 Å². The summed E-state index contributed by atoms with van der Waals surface area (Å²) in [5, 5.41) is 12.4. The van der Waals surface area contributed by atoms with Crippen molar-refractivity contribution in [1.82, 2.24) is 4.98 Å². The molecule has 0 fully saturated rings. The second-order valence-corrected chi connectivity index (χ2v) is 5.10. The first-order valence-corrected chi connectivity index (χ1v) is 6.80. The molecule has 20 heavy (non-hydrogen) atoms. The number of pyridine rings is 1. The van der Waals surface area contributed by atoms with Crippen LogP contribution in [0.4, 0.5) is 0 Å². The molecule has 2 aromatic carbocycles. The molecule has 1 N–H and O–H groups in total. The van der Waals surface area contributed by atoms with Crippen LogP contribution in [-0.2, 0) is 0 Å². The lowest BCUT2D eigenvalue weighted by atomic mass is 9.92. The molecular weight excluding hydrogens is 246 g/mol. The highest BCUT2D eigenvalue weighted by atomic mass is 16.3. The Labute approximate surface area is 118 Å². The van der Waals surface area contributed by atoms with Crippen LogP contribution >= 0.6 is 0 Å². The standard InChI is InChI=1S/C18H17NO/c1-12-6-5-11-19-18(12)17-15(13(2)20)10-9-14-7-3-4-8-16(14)17/h3-11,13,20H,1-2H3/t13-/m1/s1. The summed E-state index contributed by atoms with van der Waals surface area (Å²) in [6.45, 7) is 3.85. The van der Waals surface area contributed by atoms with Gasteiger partial charge in [0, 0.05) is 11.8 Å². The quantitative estimate of drug-likeness (QED) is 0.749. The zero-order valence-electron chi connectivity index (χ0n) is 11.7. The fourth-order valence-corrected chi connectivity index (χ4v) is 2.65. The average molecular weight is 263 g/mol. The molecule has 0 saturated carbocycles. The first kappa shape index (κ1) is 12.8. The molecule has 0 saturated heterocycles. The molecular formula is C18H17NO. The third-order valence-electron chi connectivity index (χ3n) is 3.66. The largest absolute Gasteiger partial charge is 0.389 e. The molecule has 0 radical (unpaired) electrons. The summed E-state index contributed by atoms with van der Waals surface area (Å²) in [7, 11) is 0.